The molecule has 1 unspecified atom stereocenters. The number of rotatable bonds is 10. The Labute approximate surface area is 173 Å². The number of carbonyl (C=O) groups excluding carboxylic acids is 3. The van der Waals surface area contributed by atoms with Crippen LogP contribution in [0.25, 0.3) is 10.9 Å². The van der Waals surface area contributed by atoms with Crippen LogP contribution in [-0.4, -0.2) is 71.5 Å². The fourth-order valence-electron chi connectivity index (χ4n) is 2.75. The summed E-state index contributed by atoms with van der Waals surface area (Å²) in [5.41, 5.74) is 7.08. The van der Waals surface area contributed by atoms with Crippen LogP contribution in [-0.2, 0) is 30.3 Å². The van der Waals surface area contributed by atoms with Crippen LogP contribution in [0.4, 0.5) is 0 Å². The van der Waals surface area contributed by atoms with E-state index in [1.807, 2.05) is 24.3 Å². The van der Waals surface area contributed by atoms with Gasteiger partial charge in [0, 0.05) is 44.0 Å². The lowest BCUT2D eigenvalue weighted by Crippen LogP contribution is -2.44. The van der Waals surface area contributed by atoms with E-state index >= 15 is 0 Å². The summed E-state index contributed by atoms with van der Waals surface area (Å²) in [5, 5.41) is 12.3. The Hall–Kier alpha value is -3.40. The molecule has 0 bridgehead atoms. The van der Waals surface area contributed by atoms with Gasteiger partial charge in [0.1, 0.15) is 12.1 Å². The van der Waals surface area contributed by atoms with Gasteiger partial charge in [-0.15, -0.1) is 0 Å². The fraction of sp³-hybridized carbons (Fsp3) is 0.400. The third kappa shape index (κ3) is 6.31. The summed E-state index contributed by atoms with van der Waals surface area (Å²) >= 11 is 0. The number of hydrogen-bond donors (Lipinski definition) is 4. The minimum absolute atomic E-state index is 0.0743. The van der Waals surface area contributed by atoms with E-state index in [1.54, 1.807) is 6.20 Å². The Kier molecular flexibility index (Phi) is 7.93. The van der Waals surface area contributed by atoms with Gasteiger partial charge in [-0.3, -0.25) is 14.4 Å². The minimum atomic E-state index is -1.21. The van der Waals surface area contributed by atoms with Crippen molar-refractivity contribution < 1.29 is 29.0 Å². The van der Waals surface area contributed by atoms with E-state index in [1.165, 1.54) is 19.0 Å². The van der Waals surface area contributed by atoms with Crippen molar-refractivity contribution in [2.45, 2.75) is 31.3 Å². The van der Waals surface area contributed by atoms with Gasteiger partial charge in [-0.1, -0.05) is 18.2 Å². The first-order valence-electron chi connectivity index (χ1n) is 9.38. The maximum atomic E-state index is 12.6. The summed E-state index contributed by atoms with van der Waals surface area (Å²) < 4.78 is 5.08. The zero-order chi connectivity index (χ0) is 22.3. The highest BCUT2D eigenvalue weighted by atomic mass is 16.5. The number of aromatic amines is 1. The number of nitrogens with one attached hydrogen (secondary N) is 2. The molecule has 10 nitrogen and oxygen atoms in total. The van der Waals surface area contributed by atoms with Gasteiger partial charge in [0.25, 0.3) is 5.91 Å². The highest BCUT2D eigenvalue weighted by molar-refractivity contribution is 5.88. The molecular formula is C20H26N4O6. The van der Waals surface area contributed by atoms with Crippen molar-refractivity contribution in [2.24, 2.45) is 5.73 Å². The average Bonchev–Trinajstić information content (AvgIpc) is 3.12. The lowest BCUT2D eigenvalue weighted by atomic mass is 10.0. The normalized spacial score (nSPS) is 12.8. The number of para-hydroxylation sites is 1. The number of carboxylic acids is 1. The SMILES string of the molecule is CN(C)C(=O)COC(=O)C(Cc1c[nH]c2ccccc12)NC(=O)CC[C@@H](N)C(=O)O. The molecule has 5 N–H and O–H groups in total. The summed E-state index contributed by atoms with van der Waals surface area (Å²) in [6.45, 7) is -0.448. The number of ether oxygens (including phenoxy) is 1. The molecule has 0 saturated heterocycles. The van der Waals surface area contributed by atoms with Crippen molar-refractivity contribution in [3.8, 4) is 0 Å². The first kappa shape index (κ1) is 22.9. The van der Waals surface area contributed by atoms with Crippen LogP contribution in [0, 0.1) is 0 Å². The highest BCUT2D eigenvalue weighted by Crippen LogP contribution is 2.19. The van der Waals surface area contributed by atoms with Crippen molar-refractivity contribution in [3.63, 3.8) is 0 Å². The second kappa shape index (κ2) is 10.4. The number of likely N-dealkylation sites (N-methyl/N-ethyl adjacent to an activating group) is 1. The van der Waals surface area contributed by atoms with Gasteiger partial charge in [-0.05, 0) is 18.1 Å². The van der Waals surface area contributed by atoms with E-state index in [4.69, 9.17) is 15.6 Å². The molecule has 0 radical (unpaired) electrons. The van der Waals surface area contributed by atoms with Crippen LogP contribution < -0.4 is 11.1 Å². The second-order valence-corrected chi connectivity index (χ2v) is 7.06. The zero-order valence-corrected chi connectivity index (χ0v) is 16.9. The molecule has 1 aromatic carbocycles. The van der Waals surface area contributed by atoms with E-state index in [-0.39, 0.29) is 19.3 Å². The van der Waals surface area contributed by atoms with E-state index in [0.29, 0.717) is 0 Å². The van der Waals surface area contributed by atoms with Gasteiger partial charge in [0.2, 0.25) is 5.91 Å². The molecule has 0 aliphatic rings. The monoisotopic (exact) mass is 418 g/mol. The van der Waals surface area contributed by atoms with E-state index in [0.717, 1.165) is 16.5 Å². The number of nitrogens with zero attached hydrogens (tertiary/aromatic N) is 1. The van der Waals surface area contributed by atoms with Crippen molar-refractivity contribution in [1.82, 2.24) is 15.2 Å². The predicted molar refractivity (Wildman–Crippen MR) is 108 cm³/mol. The van der Waals surface area contributed by atoms with Crippen LogP contribution in [0.15, 0.2) is 30.5 Å². The molecule has 2 aromatic rings. The Balaban J connectivity index is 2.10. The number of benzene rings is 1. The topological polar surface area (TPSA) is 155 Å². The number of aromatic nitrogens is 1. The van der Waals surface area contributed by atoms with Gasteiger partial charge in [0.05, 0.1) is 0 Å². The number of amides is 2. The van der Waals surface area contributed by atoms with Crippen LogP contribution in [0.2, 0.25) is 0 Å². The molecular weight excluding hydrogens is 392 g/mol. The summed E-state index contributed by atoms with van der Waals surface area (Å²) in [5.74, 6) is -2.90. The second-order valence-electron chi connectivity index (χ2n) is 7.06. The molecule has 1 aromatic heterocycles. The van der Waals surface area contributed by atoms with E-state index in [9.17, 15) is 19.2 Å². The highest BCUT2D eigenvalue weighted by Gasteiger charge is 2.25. The molecule has 0 saturated carbocycles. The van der Waals surface area contributed by atoms with Gasteiger partial charge < -0.3 is 30.8 Å². The minimum Gasteiger partial charge on any atom is -0.480 e. The number of carboxylic acid groups (broad SMARTS) is 1. The largest absolute Gasteiger partial charge is 0.480 e. The maximum Gasteiger partial charge on any atom is 0.329 e. The molecule has 0 spiro atoms. The molecule has 0 fully saturated rings. The van der Waals surface area contributed by atoms with Crippen molar-refractivity contribution >= 4 is 34.7 Å². The molecule has 0 aliphatic carbocycles. The number of nitrogens with two attached hydrogens (primary N) is 1. The van der Waals surface area contributed by atoms with Crippen LogP contribution in [0.1, 0.15) is 18.4 Å². The van der Waals surface area contributed by atoms with E-state index in [2.05, 4.69) is 10.3 Å². The third-order valence-electron chi connectivity index (χ3n) is 4.55. The van der Waals surface area contributed by atoms with Gasteiger partial charge in [-0.2, -0.15) is 0 Å². The average molecular weight is 418 g/mol. The van der Waals surface area contributed by atoms with Crippen molar-refractivity contribution in [2.75, 3.05) is 20.7 Å². The summed E-state index contributed by atoms with van der Waals surface area (Å²) in [6.07, 6.45) is 1.63. The molecule has 0 aliphatic heterocycles. The Morgan fingerprint density at radius 2 is 1.93 bits per heavy atom. The van der Waals surface area contributed by atoms with Gasteiger partial charge in [-0.25, -0.2) is 4.79 Å². The lowest BCUT2D eigenvalue weighted by molar-refractivity contribution is -0.153. The number of fused-ring (bicyclic) bond motifs is 1. The molecule has 1 heterocycles. The smallest absolute Gasteiger partial charge is 0.329 e. The maximum absolute atomic E-state index is 12.6. The molecule has 2 amide bonds. The van der Waals surface area contributed by atoms with Crippen LogP contribution >= 0.6 is 0 Å². The Morgan fingerprint density at radius 1 is 1.23 bits per heavy atom. The van der Waals surface area contributed by atoms with E-state index < -0.39 is 42.4 Å². The summed E-state index contributed by atoms with van der Waals surface area (Å²) in [4.78, 5) is 51.8. The summed E-state index contributed by atoms with van der Waals surface area (Å²) in [7, 11) is 3.07. The van der Waals surface area contributed by atoms with Crippen molar-refractivity contribution in [3.05, 3.63) is 36.0 Å². The fourth-order valence-corrected chi connectivity index (χ4v) is 2.75. The molecule has 30 heavy (non-hydrogen) atoms. The first-order valence-corrected chi connectivity index (χ1v) is 9.38. The lowest BCUT2D eigenvalue weighted by Gasteiger charge is -2.18. The van der Waals surface area contributed by atoms with Crippen LogP contribution in [0.3, 0.4) is 0 Å². The number of carbonyl (C=O) groups is 4. The molecule has 162 valence electrons. The quantitative estimate of drug-likeness (QED) is 0.396. The number of H-pyrrole nitrogens is 1. The number of esters is 1. The third-order valence-corrected chi connectivity index (χ3v) is 4.55. The van der Waals surface area contributed by atoms with Gasteiger partial charge >= 0.3 is 11.9 Å². The molecule has 10 heteroatoms. The van der Waals surface area contributed by atoms with Gasteiger partial charge in [0.15, 0.2) is 6.61 Å². The predicted octanol–water partition coefficient (Wildman–Crippen LogP) is 0.0187. The standard InChI is InChI=1S/C20H26N4O6/c1-24(2)18(26)11-30-20(29)16(23-17(25)8-7-14(21)19(27)28)9-12-10-22-15-6-4-3-5-13(12)15/h3-6,10,14,16,22H,7-9,11,21H2,1-2H3,(H,23,25)(H,27,28)/t14-,16?/m1/s1. The Bertz CT molecular complexity index is 923. The summed E-state index contributed by atoms with van der Waals surface area (Å²) in [6, 6.07) is 5.27. The first-order chi connectivity index (χ1) is 14.2. The Morgan fingerprint density at radius 3 is 2.60 bits per heavy atom. The molecule has 2 atom stereocenters. The molecule has 2 rings (SSSR count). The van der Waals surface area contributed by atoms with Crippen LogP contribution in [0.5, 0.6) is 0 Å². The zero-order valence-electron chi connectivity index (χ0n) is 16.9. The van der Waals surface area contributed by atoms with Crippen molar-refractivity contribution in [1.29, 1.82) is 0 Å². The number of aliphatic carboxylic acids is 1. The number of hydrogen-bond acceptors (Lipinski definition) is 6.